The van der Waals surface area contributed by atoms with Gasteiger partial charge in [0.15, 0.2) is 5.15 Å². The molecule has 0 aliphatic rings. The van der Waals surface area contributed by atoms with E-state index in [1.54, 1.807) is 7.11 Å². The number of hydrogen-bond acceptors (Lipinski definition) is 2. The molecule has 1 heterocycles. The van der Waals surface area contributed by atoms with E-state index in [0.717, 1.165) is 24.2 Å². The van der Waals surface area contributed by atoms with Crippen LogP contribution in [0.25, 0.3) is 11.4 Å². The molecule has 0 unspecified atom stereocenters. The maximum Gasteiger partial charge on any atom is 0.166 e. The van der Waals surface area contributed by atoms with E-state index in [1.807, 2.05) is 4.57 Å². The molecule has 1 aromatic carbocycles. The van der Waals surface area contributed by atoms with Gasteiger partial charge >= 0.3 is 0 Å². The SMILES string of the molecule is CCc1cccc(CC)c1-c1nc(Cl)c(Cl)n1CCOC. The second-order valence-corrected chi connectivity index (χ2v) is 5.54. The Balaban J connectivity index is 2.63. The number of benzene rings is 1. The van der Waals surface area contributed by atoms with Gasteiger partial charge < -0.3 is 9.30 Å². The van der Waals surface area contributed by atoms with Crippen molar-refractivity contribution in [3.05, 3.63) is 39.6 Å². The van der Waals surface area contributed by atoms with Crippen molar-refractivity contribution in [3.8, 4) is 11.4 Å². The van der Waals surface area contributed by atoms with Crippen molar-refractivity contribution in [2.24, 2.45) is 0 Å². The van der Waals surface area contributed by atoms with Crippen LogP contribution in [0.4, 0.5) is 0 Å². The Labute approximate surface area is 135 Å². The van der Waals surface area contributed by atoms with Gasteiger partial charge in [-0.05, 0) is 24.0 Å². The van der Waals surface area contributed by atoms with Crippen LogP contribution in [-0.4, -0.2) is 23.3 Å². The molecule has 0 spiro atoms. The summed E-state index contributed by atoms with van der Waals surface area (Å²) in [6.45, 7) is 5.48. The topological polar surface area (TPSA) is 27.1 Å². The smallest absolute Gasteiger partial charge is 0.166 e. The van der Waals surface area contributed by atoms with E-state index in [2.05, 4.69) is 37.0 Å². The normalized spacial score (nSPS) is 11.1. The fourth-order valence-electron chi connectivity index (χ4n) is 2.51. The van der Waals surface area contributed by atoms with Crippen molar-refractivity contribution in [2.45, 2.75) is 33.2 Å². The summed E-state index contributed by atoms with van der Waals surface area (Å²) in [5.41, 5.74) is 3.66. The highest BCUT2D eigenvalue weighted by molar-refractivity contribution is 6.40. The Bertz CT molecular complexity index is 601. The van der Waals surface area contributed by atoms with Crippen molar-refractivity contribution in [1.82, 2.24) is 9.55 Å². The minimum atomic E-state index is 0.343. The third-order valence-electron chi connectivity index (χ3n) is 3.61. The number of imidazole rings is 1. The molecule has 1 aromatic heterocycles. The molecule has 2 rings (SSSR count). The van der Waals surface area contributed by atoms with Crippen LogP contribution in [0.15, 0.2) is 18.2 Å². The molecule has 3 nitrogen and oxygen atoms in total. The molecule has 0 aliphatic heterocycles. The van der Waals surface area contributed by atoms with Crippen LogP contribution in [0.1, 0.15) is 25.0 Å². The van der Waals surface area contributed by atoms with Gasteiger partial charge in [0.1, 0.15) is 11.0 Å². The Hall–Kier alpha value is -1.03. The molecule has 0 fully saturated rings. The molecular weight excluding hydrogens is 307 g/mol. The van der Waals surface area contributed by atoms with Gasteiger partial charge in [-0.25, -0.2) is 4.98 Å². The average molecular weight is 327 g/mol. The van der Waals surface area contributed by atoms with E-state index in [4.69, 9.17) is 27.9 Å². The molecule has 0 saturated heterocycles. The summed E-state index contributed by atoms with van der Waals surface area (Å²) in [6, 6.07) is 6.35. The van der Waals surface area contributed by atoms with Gasteiger partial charge in [0.05, 0.1) is 6.61 Å². The molecule has 5 heteroatoms. The van der Waals surface area contributed by atoms with Gasteiger partial charge in [0.2, 0.25) is 0 Å². The Morgan fingerprint density at radius 2 is 1.76 bits per heavy atom. The van der Waals surface area contributed by atoms with Crippen molar-refractivity contribution in [3.63, 3.8) is 0 Å². The number of rotatable bonds is 6. The number of ether oxygens (including phenoxy) is 1. The molecular formula is C16H20Cl2N2O. The molecule has 0 atom stereocenters. The van der Waals surface area contributed by atoms with E-state index >= 15 is 0 Å². The lowest BCUT2D eigenvalue weighted by Crippen LogP contribution is -2.08. The largest absolute Gasteiger partial charge is 0.383 e. The molecule has 0 aliphatic carbocycles. The van der Waals surface area contributed by atoms with Crippen LogP contribution >= 0.6 is 23.2 Å². The summed E-state index contributed by atoms with van der Waals surface area (Å²) < 4.78 is 7.10. The van der Waals surface area contributed by atoms with Gasteiger partial charge in [-0.2, -0.15) is 0 Å². The zero-order chi connectivity index (χ0) is 15.4. The highest BCUT2D eigenvalue weighted by Crippen LogP contribution is 2.33. The zero-order valence-electron chi connectivity index (χ0n) is 12.6. The standard InChI is InChI=1S/C16H20Cl2N2O/c1-4-11-7-6-8-12(5-2)13(11)16-19-14(17)15(18)20(16)9-10-21-3/h6-8H,4-5,9-10H2,1-3H3. The second-order valence-electron chi connectivity index (χ2n) is 4.82. The lowest BCUT2D eigenvalue weighted by molar-refractivity contribution is 0.187. The van der Waals surface area contributed by atoms with E-state index in [0.29, 0.717) is 23.5 Å². The van der Waals surface area contributed by atoms with Crippen LogP contribution in [-0.2, 0) is 24.1 Å². The predicted molar refractivity (Wildman–Crippen MR) is 88.3 cm³/mol. The molecule has 114 valence electrons. The van der Waals surface area contributed by atoms with Gasteiger partial charge in [0, 0.05) is 19.2 Å². The Morgan fingerprint density at radius 3 is 2.29 bits per heavy atom. The van der Waals surface area contributed by atoms with Gasteiger partial charge in [0.25, 0.3) is 0 Å². The van der Waals surface area contributed by atoms with Crippen molar-refractivity contribution >= 4 is 23.2 Å². The van der Waals surface area contributed by atoms with Crippen molar-refractivity contribution in [2.75, 3.05) is 13.7 Å². The number of nitrogens with zero attached hydrogens (tertiary/aromatic N) is 2. The molecule has 0 saturated carbocycles. The van der Waals surface area contributed by atoms with Gasteiger partial charge in [-0.3, -0.25) is 0 Å². The number of aromatic nitrogens is 2. The highest BCUT2D eigenvalue weighted by Gasteiger charge is 2.19. The highest BCUT2D eigenvalue weighted by atomic mass is 35.5. The lowest BCUT2D eigenvalue weighted by atomic mass is 9.97. The Morgan fingerprint density at radius 1 is 1.14 bits per heavy atom. The van der Waals surface area contributed by atoms with E-state index in [1.165, 1.54) is 11.1 Å². The summed E-state index contributed by atoms with van der Waals surface area (Å²) >= 11 is 12.5. The number of halogens is 2. The molecule has 2 aromatic rings. The zero-order valence-corrected chi connectivity index (χ0v) is 14.1. The monoisotopic (exact) mass is 326 g/mol. The van der Waals surface area contributed by atoms with Crippen LogP contribution in [0, 0.1) is 0 Å². The third kappa shape index (κ3) is 3.25. The minimum absolute atomic E-state index is 0.343. The summed E-state index contributed by atoms with van der Waals surface area (Å²) in [6.07, 6.45) is 1.88. The predicted octanol–water partition coefficient (Wildman–Crippen LogP) is 4.63. The average Bonchev–Trinajstić information content (AvgIpc) is 2.79. The Kier molecular flexibility index (Phi) is 5.68. The fourth-order valence-corrected chi connectivity index (χ4v) is 2.90. The van der Waals surface area contributed by atoms with Crippen molar-refractivity contribution in [1.29, 1.82) is 0 Å². The van der Waals surface area contributed by atoms with E-state index < -0.39 is 0 Å². The first-order valence-corrected chi connectivity index (χ1v) is 7.91. The number of aryl methyl sites for hydroxylation is 2. The maximum absolute atomic E-state index is 6.30. The first-order valence-electron chi connectivity index (χ1n) is 7.15. The molecule has 21 heavy (non-hydrogen) atoms. The van der Waals surface area contributed by atoms with Gasteiger partial charge in [-0.1, -0.05) is 55.2 Å². The van der Waals surface area contributed by atoms with Crippen LogP contribution < -0.4 is 0 Å². The summed E-state index contributed by atoms with van der Waals surface area (Å²) in [7, 11) is 1.67. The second kappa shape index (κ2) is 7.30. The van der Waals surface area contributed by atoms with E-state index in [9.17, 15) is 0 Å². The third-order valence-corrected chi connectivity index (χ3v) is 4.35. The van der Waals surface area contributed by atoms with Gasteiger partial charge in [-0.15, -0.1) is 0 Å². The number of hydrogen-bond donors (Lipinski definition) is 0. The van der Waals surface area contributed by atoms with Crippen LogP contribution in [0.5, 0.6) is 0 Å². The minimum Gasteiger partial charge on any atom is -0.383 e. The molecule has 0 amide bonds. The summed E-state index contributed by atoms with van der Waals surface area (Å²) in [5, 5.41) is 0.812. The van der Waals surface area contributed by atoms with Crippen molar-refractivity contribution < 1.29 is 4.74 Å². The maximum atomic E-state index is 6.30. The van der Waals surface area contributed by atoms with Crippen LogP contribution in [0.2, 0.25) is 10.3 Å². The first kappa shape index (κ1) is 16.3. The number of methoxy groups -OCH3 is 1. The molecule has 0 radical (unpaired) electrons. The van der Waals surface area contributed by atoms with E-state index in [-0.39, 0.29) is 0 Å². The molecule has 0 N–H and O–H groups in total. The lowest BCUT2D eigenvalue weighted by Gasteiger charge is -2.15. The first-order chi connectivity index (χ1) is 10.1. The fraction of sp³-hybridized carbons (Fsp3) is 0.438. The van der Waals surface area contributed by atoms with Crippen LogP contribution in [0.3, 0.4) is 0 Å². The summed E-state index contributed by atoms with van der Waals surface area (Å²) in [4.78, 5) is 4.49. The quantitative estimate of drug-likeness (QED) is 0.773. The molecule has 0 bridgehead atoms. The summed E-state index contributed by atoms with van der Waals surface area (Å²) in [5.74, 6) is 0.830.